The number of rotatable bonds is 6. The number of hydrogen-bond donors (Lipinski definition) is 3. The van der Waals surface area contributed by atoms with E-state index in [-0.39, 0.29) is 24.7 Å². The van der Waals surface area contributed by atoms with Gasteiger partial charge in [-0.05, 0) is 53.9 Å². The summed E-state index contributed by atoms with van der Waals surface area (Å²) in [6.45, 7) is 0.0904. The summed E-state index contributed by atoms with van der Waals surface area (Å²) in [6, 6.07) is 14.6. The van der Waals surface area contributed by atoms with Crippen LogP contribution >= 0.6 is 0 Å². The molecule has 0 heterocycles. The largest absolute Gasteiger partial charge is 0.457 e. The molecule has 8 heteroatoms. The van der Waals surface area contributed by atoms with Crippen molar-refractivity contribution >= 4 is 16.7 Å². The first kappa shape index (κ1) is 20.6. The van der Waals surface area contributed by atoms with Gasteiger partial charge in [0.25, 0.3) is 5.91 Å². The molecule has 29 heavy (non-hydrogen) atoms. The SMILES string of the molecule is NC[C@H](O)CNC(=O)c1ccc2c(Oc3ccc(C(F)(F)F)cc3)cccc2c1. The van der Waals surface area contributed by atoms with Gasteiger partial charge in [-0.1, -0.05) is 12.1 Å². The van der Waals surface area contributed by atoms with Gasteiger partial charge in [-0.2, -0.15) is 13.2 Å². The van der Waals surface area contributed by atoms with Crippen molar-refractivity contribution in [1.29, 1.82) is 0 Å². The van der Waals surface area contributed by atoms with E-state index in [1.54, 1.807) is 36.4 Å². The average molecular weight is 404 g/mol. The zero-order valence-electron chi connectivity index (χ0n) is 15.2. The van der Waals surface area contributed by atoms with Gasteiger partial charge in [0.05, 0.1) is 11.7 Å². The number of halogens is 3. The summed E-state index contributed by atoms with van der Waals surface area (Å²) in [5.74, 6) is 0.365. The number of carbonyl (C=O) groups excluding carboxylic acids is 1. The molecule has 152 valence electrons. The van der Waals surface area contributed by atoms with Crippen LogP contribution in [0.3, 0.4) is 0 Å². The van der Waals surface area contributed by atoms with Crippen molar-refractivity contribution in [1.82, 2.24) is 5.32 Å². The van der Waals surface area contributed by atoms with Gasteiger partial charge >= 0.3 is 6.18 Å². The summed E-state index contributed by atoms with van der Waals surface area (Å²) < 4.78 is 43.8. The van der Waals surface area contributed by atoms with E-state index in [4.69, 9.17) is 10.5 Å². The second-order valence-corrected chi connectivity index (χ2v) is 6.42. The van der Waals surface area contributed by atoms with Crippen LogP contribution in [0.4, 0.5) is 13.2 Å². The molecule has 0 aliphatic heterocycles. The van der Waals surface area contributed by atoms with Crippen LogP contribution in [0.15, 0.2) is 60.7 Å². The summed E-state index contributed by atoms with van der Waals surface area (Å²) in [5.41, 5.74) is 4.95. The van der Waals surface area contributed by atoms with E-state index in [9.17, 15) is 23.1 Å². The Labute approximate surface area is 164 Å². The third-order valence-corrected chi connectivity index (χ3v) is 4.28. The third-order valence-electron chi connectivity index (χ3n) is 4.28. The highest BCUT2D eigenvalue weighted by Crippen LogP contribution is 2.33. The molecule has 0 saturated carbocycles. The second kappa shape index (κ2) is 8.50. The Hall–Kier alpha value is -3.10. The summed E-state index contributed by atoms with van der Waals surface area (Å²) in [7, 11) is 0. The molecule has 3 aromatic carbocycles. The third kappa shape index (κ3) is 5.04. The number of hydrogen-bond acceptors (Lipinski definition) is 4. The lowest BCUT2D eigenvalue weighted by Gasteiger charge is -2.12. The molecule has 3 rings (SSSR count). The number of nitrogens with one attached hydrogen (secondary N) is 1. The summed E-state index contributed by atoms with van der Waals surface area (Å²) in [4.78, 5) is 12.2. The molecule has 0 saturated heterocycles. The topological polar surface area (TPSA) is 84.6 Å². The highest BCUT2D eigenvalue weighted by Gasteiger charge is 2.30. The number of nitrogens with two attached hydrogens (primary N) is 1. The van der Waals surface area contributed by atoms with Crippen LogP contribution in [-0.2, 0) is 6.18 Å². The zero-order valence-corrected chi connectivity index (χ0v) is 15.2. The van der Waals surface area contributed by atoms with E-state index in [1.807, 2.05) is 0 Å². The van der Waals surface area contributed by atoms with Crippen molar-refractivity contribution in [2.45, 2.75) is 12.3 Å². The minimum absolute atomic E-state index is 0.0443. The number of aliphatic hydroxyl groups excluding tert-OH is 1. The van der Waals surface area contributed by atoms with Crippen molar-refractivity contribution < 1.29 is 27.8 Å². The Morgan fingerprint density at radius 3 is 2.48 bits per heavy atom. The van der Waals surface area contributed by atoms with Crippen molar-refractivity contribution in [3.8, 4) is 11.5 Å². The van der Waals surface area contributed by atoms with Gasteiger partial charge in [0, 0.05) is 24.0 Å². The Kier molecular flexibility index (Phi) is 6.05. The fraction of sp³-hybridized carbons (Fsp3) is 0.190. The first-order chi connectivity index (χ1) is 13.8. The zero-order chi connectivity index (χ0) is 21.0. The normalized spacial score (nSPS) is 12.6. The van der Waals surface area contributed by atoms with E-state index in [0.717, 1.165) is 17.5 Å². The fourth-order valence-corrected chi connectivity index (χ4v) is 2.72. The minimum Gasteiger partial charge on any atom is -0.457 e. The monoisotopic (exact) mass is 404 g/mol. The molecule has 5 nitrogen and oxygen atoms in total. The average Bonchev–Trinajstić information content (AvgIpc) is 2.71. The first-order valence-corrected chi connectivity index (χ1v) is 8.82. The molecule has 0 aromatic heterocycles. The van der Waals surface area contributed by atoms with Gasteiger partial charge < -0.3 is 20.9 Å². The molecule has 3 aromatic rings. The highest BCUT2D eigenvalue weighted by atomic mass is 19.4. The molecule has 0 bridgehead atoms. The van der Waals surface area contributed by atoms with Crippen LogP contribution in [0.2, 0.25) is 0 Å². The number of alkyl halides is 3. The number of aliphatic hydroxyl groups is 1. The van der Waals surface area contributed by atoms with Gasteiger partial charge in [0.1, 0.15) is 11.5 Å². The second-order valence-electron chi connectivity index (χ2n) is 6.42. The molecule has 1 atom stereocenters. The van der Waals surface area contributed by atoms with Crippen LogP contribution < -0.4 is 15.8 Å². The van der Waals surface area contributed by atoms with Crippen LogP contribution in [0.25, 0.3) is 10.8 Å². The van der Waals surface area contributed by atoms with Gasteiger partial charge in [-0.3, -0.25) is 4.79 Å². The Balaban J connectivity index is 1.80. The number of fused-ring (bicyclic) bond motifs is 1. The molecule has 4 N–H and O–H groups in total. The quantitative estimate of drug-likeness (QED) is 0.585. The van der Waals surface area contributed by atoms with E-state index in [1.165, 1.54) is 12.1 Å². The molecule has 1 amide bonds. The van der Waals surface area contributed by atoms with Crippen molar-refractivity contribution in [2.24, 2.45) is 5.73 Å². The number of ether oxygens (including phenoxy) is 1. The molecule has 0 radical (unpaired) electrons. The number of carbonyl (C=O) groups is 1. The Morgan fingerprint density at radius 2 is 1.83 bits per heavy atom. The first-order valence-electron chi connectivity index (χ1n) is 8.82. The summed E-state index contributed by atoms with van der Waals surface area (Å²) in [6.07, 6.45) is -5.22. The van der Waals surface area contributed by atoms with Crippen LogP contribution in [0.1, 0.15) is 15.9 Å². The Morgan fingerprint density at radius 1 is 1.10 bits per heavy atom. The van der Waals surface area contributed by atoms with Gasteiger partial charge in [-0.15, -0.1) is 0 Å². The van der Waals surface area contributed by atoms with E-state index >= 15 is 0 Å². The predicted octanol–water partition coefficient (Wildman–Crippen LogP) is 3.70. The van der Waals surface area contributed by atoms with Crippen LogP contribution in [-0.4, -0.2) is 30.2 Å². The number of benzene rings is 3. The molecular weight excluding hydrogens is 385 g/mol. The smallest absolute Gasteiger partial charge is 0.416 e. The molecule has 0 aliphatic rings. The molecular formula is C21H19F3N2O3. The molecule has 0 unspecified atom stereocenters. The molecule has 0 aliphatic carbocycles. The molecule has 0 fully saturated rings. The summed E-state index contributed by atoms with van der Waals surface area (Å²) >= 11 is 0. The minimum atomic E-state index is -4.41. The predicted molar refractivity (Wildman–Crippen MR) is 103 cm³/mol. The van der Waals surface area contributed by atoms with Crippen molar-refractivity contribution in [2.75, 3.05) is 13.1 Å². The van der Waals surface area contributed by atoms with E-state index in [2.05, 4.69) is 5.32 Å². The van der Waals surface area contributed by atoms with Crippen molar-refractivity contribution in [3.05, 3.63) is 71.8 Å². The van der Waals surface area contributed by atoms with Gasteiger partial charge in [0.15, 0.2) is 0 Å². The maximum atomic E-state index is 12.7. The maximum absolute atomic E-state index is 12.7. The van der Waals surface area contributed by atoms with Crippen molar-refractivity contribution in [3.63, 3.8) is 0 Å². The van der Waals surface area contributed by atoms with Gasteiger partial charge in [0.2, 0.25) is 0 Å². The van der Waals surface area contributed by atoms with Crippen LogP contribution in [0, 0.1) is 0 Å². The maximum Gasteiger partial charge on any atom is 0.416 e. The van der Waals surface area contributed by atoms with Crippen LogP contribution in [0.5, 0.6) is 11.5 Å². The van der Waals surface area contributed by atoms with E-state index in [0.29, 0.717) is 16.7 Å². The lowest BCUT2D eigenvalue weighted by Crippen LogP contribution is -2.36. The lowest BCUT2D eigenvalue weighted by molar-refractivity contribution is -0.137. The number of amides is 1. The fourth-order valence-electron chi connectivity index (χ4n) is 2.72. The standard InChI is InChI=1S/C21H19F3N2O3/c22-21(23,24)15-5-7-17(8-6-15)29-19-3-1-2-13-10-14(4-9-18(13)19)20(28)26-12-16(27)11-25/h1-10,16,27H,11-12,25H2,(H,26,28)/t16-/m0/s1. The van der Waals surface area contributed by atoms with Gasteiger partial charge in [-0.25, -0.2) is 0 Å². The Bertz CT molecular complexity index is 1000. The molecule has 0 spiro atoms. The van der Waals surface area contributed by atoms with E-state index < -0.39 is 17.8 Å². The summed E-state index contributed by atoms with van der Waals surface area (Å²) in [5, 5.41) is 13.5. The highest BCUT2D eigenvalue weighted by molar-refractivity contribution is 5.99. The lowest BCUT2D eigenvalue weighted by atomic mass is 10.1.